The molecule has 0 aliphatic rings. The molecule has 1 rings (SSSR count). The summed E-state index contributed by atoms with van der Waals surface area (Å²) in [4.78, 5) is 0. The first-order chi connectivity index (χ1) is 5.27. The van der Waals surface area contributed by atoms with Crippen LogP contribution in [-0.4, -0.2) is 9.78 Å². The zero-order chi connectivity index (χ0) is 8.27. The van der Waals surface area contributed by atoms with E-state index in [1.54, 1.807) is 0 Å². The van der Waals surface area contributed by atoms with Gasteiger partial charge in [0.1, 0.15) is 4.64 Å². The van der Waals surface area contributed by atoms with Crippen molar-refractivity contribution in [1.82, 2.24) is 9.78 Å². The summed E-state index contributed by atoms with van der Waals surface area (Å²) >= 11 is 5.14. The van der Waals surface area contributed by atoms with E-state index in [2.05, 4.69) is 18.9 Å². The minimum atomic E-state index is 0.920. The van der Waals surface area contributed by atoms with Crippen molar-refractivity contribution in [3.8, 4) is 0 Å². The van der Waals surface area contributed by atoms with Crippen LogP contribution >= 0.6 is 12.2 Å². The highest BCUT2D eigenvalue weighted by Crippen LogP contribution is 2.00. The van der Waals surface area contributed by atoms with Crippen LogP contribution in [0.3, 0.4) is 0 Å². The molecule has 0 aliphatic heterocycles. The third kappa shape index (κ3) is 1.93. The molecule has 11 heavy (non-hydrogen) atoms. The van der Waals surface area contributed by atoms with Crippen LogP contribution in [0.2, 0.25) is 0 Å². The molecule has 0 unspecified atom stereocenters. The first-order valence-electron chi connectivity index (χ1n) is 4.06. The number of aryl methyl sites for hydroxylation is 2. The fourth-order valence-electron chi connectivity index (χ4n) is 1.06. The molecule has 0 aromatic carbocycles. The van der Waals surface area contributed by atoms with Gasteiger partial charge in [-0.15, -0.1) is 0 Å². The van der Waals surface area contributed by atoms with E-state index in [1.807, 2.05) is 10.7 Å². The van der Waals surface area contributed by atoms with E-state index in [0.717, 1.165) is 24.0 Å². The molecular formula is C8H14N2S. The SMILES string of the molecule is CCCn1[nH]c(CC)cc1=S. The predicted molar refractivity (Wildman–Crippen MR) is 49.3 cm³/mol. The quantitative estimate of drug-likeness (QED) is 0.691. The number of nitrogens with zero attached hydrogens (tertiary/aromatic N) is 1. The topological polar surface area (TPSA) is 20.7 Å². The van der Waals surface area contributed by atoms with Gasteiger partial charge in [0, 0.05) is 12.2 Å². The number of nitrogens with one attached hydrogen (secondary N) is 1. The number of hydrogen-bond donors (Lipinski definition) is 1. The Hall–Kier alpha value is -0.570. The third-order valence-electron chi connectivity index (χ3n) is 1.67. The first kappa shape index (κ1) is 8.53. The van der Waals surface area contributed by atoms with Gasteiger partial charge >= 0.3 is 0 Å². The van der Waals surface area contributed by atoms with E-state index in [0.29, 0.717) is 0 Å². The Bertz CT molecular complexity index is 272. The van der Waals surface area contributed by atoms with Crippen molar-refractivity contribution in [2.24, 2.45) is 0 Å². The van der Waals surface area contributed by atoms with Crippen molar-refractivity contribution < 1.29 is 0 Å². The lowest BCUT2D eigenvalue weighted by Crippen LogP contribution is -1.99. The molecule has 0 saturated heterocycles. The maximum absolute atomic E-state index is 5.14. The fourth-order valence-corrected chi connectivity index (χ4v) is 1.34. The van der Waals surface area contributed by atoms with E-state index in [9.17, 15) is 0 Å². The molecular weight excluding hydrogens is 156 g/mol. The average Bonchev–Trinajstić information content (AvgIpc) is 2.33. The molecule has 1 heterocycles. The van der Waals surface area contributed by atoms with Gasteiger partial charge in [-0.2, -0.15) is 0 Å². The molecule has 0 fully saturated rings. The summed E-state index contributed by atoms with van der Waals surface area (Å²) in [5.74, 6) is 0. The molecule has 0 spiro atoms. The second-order valence-corrected chi connectivity index (χ2v) is 3.04. The van der Waals surface area contributed by atoms with Gasteiger partial charge in [-0.05, 0) is 18.9 Å². The Morgan fingerprint density at radius 3 is 2.73 bits per heavy atom. The molecule has 0 bridgehead atoms. The predicted octanol–water partition coefficient (Wildman–Crippen LogP) is 2.52. The van der Waals surface area contributed by atoms with E-state index >= 15 is 0 Å². The minimum absolute atomic E-state index is 0.920. The number of rotatable bonds is 3. The Morgan fingerprint density at radius 1 is 1.55 bits per heavy atom. The lowest BCUT2D eigenvalue weighted by atomic mass is 10.4. The highest BCUT2D eigenvalue weighted by Gasteiger charge is 1.95. The van der Waals surface area contributed by atoms with Crippen molar-refractivity contribution in [2.75, 3.05) is 0 Å². The van der Waals surface area contributed by atoms with Crippen LogP contribution < -0.4 is 0 Å². The molecule has 1 N–H and O–H groups in total. The Labute approximate surface area is 72.2 Å². The molecule has 0 aliphatic carbocycles. The molecule has 0 amide bonds. The fraction of sp³-hybridized carbons (Fsp3) is 0.625. The number of H-pyrrole nitrogens is 1. The summed E-state index contributed by atoms with van der Waals surface area (Å²) < 4.78 is 2.94. The van der Waals surface area contributed by atoms with Crippen LogP contribution in [0.4, 0.5) is 0 Å². The van der Waals surface area contributed by atoms with Crippen LogP contribution in [0.5, 0.6) is 0 Å². The molecule has 1 aromatic rings. The van der Waals surface area contributed by atoms with Crippen molar-refractivity contribution in [3.05, 3.63) is 16.4 Å². The average molecular weight is 170 g/mol. The summed E-state index contributed by atoms with van der Waals surface area (Å²) in [6.45, 7) is 5.27. The van der Waals surface area contributed by atoms with Gasteiger partial charge in [0.25, 0.3) is 0 Å². The number of hydrogen-bond acceptors (Lipinski definition) is 1. The summed E-state index contributed by atoms with van der Waals surface area (Å²) in [5, 5.41) is 3.24. The molecule has 0 atom stereocenters. The van der Waals surface area contributed by atoms with E-state index in [-0.39, 0.29) is 0 Å². The van der Waals surface area contributed by atoms with Gasteiger partial charge < -0.3 is 5.10 Å². The standard InChI is InChI=1S/C8H14N2S/c1-3-5-10-8(11)6-7(4-2)9-10/h6,9H,3-5H2,1-2H3. The van der Waals surface area contributed by atoms with Gasteiger partial charge in [0.2, 0.25) is 0 Å². The first-order valence-corrected chi connectivity index (χ1v) is 4.47. The van der Waals surface area contributed by atoms with Gasteiger partial charge in [-0.25, -0.2) is 0 Å². The second kappa shape index (κ2) is 3.72. The third-order valence-corrected chi connectivity index (χ3v) is 2.01. The smallest absolute Gasteiger partial charge is 0.122 e. The van der Waals surface area contributed by atoms with Gasteiger partial charge in [0.15, 0.2) is 0 Å². The van der Waals surface area contributed by atoms with Crippen molar-refractivity contribution in [2.45, 2.75) is 33.2 Å². The Balaban J connectivity index is 2.88. The molecule has 2 nitrogen and oxygen atoms in total. The lowest BCUT2D eigenvalue weighted by Gasteiger charge is -1.97. The molecule has 1 aromatic heterocycles. The van der Waals surface area contributed by atoms with Crippen LogP contribution in [0, 0.1) is 4.64 Å². The molecule has 0 radical (unpaired) electrons. The molecule has 62 valence electrons. The van der Waals surface area contributed by atoms with E-state index in [4.69, 9.17) is 12.2 Å². The van der Waals surface area contributed by atoms with E-state index in [1.165, 1.54) is 5.69 Å². The minimum Gasteiger partial charge on any atom is -0.302 e. The van der Waals surface area contributed by atoms with Crippen molar-refractivity contribution in [3.63, 3.8) is 0 Å². The molecule has 0 saturated carbocycles. The van der Waals surface area contributed by atoms with Crippen molar-refractivity contribution in [1.29, 1.82) is 0 Å². The number of aromatic nitrogens is 2. The van der Waals surface area contributed by atoms with Crippen molar-refractivity contribution >= 4 is 12.2 Å². The van der Waals surface area contributed by atoms with Gasteiger partial charge in [-0.3, -0.25) is 4.68 Å². The maximum Gasteiger partial charge on any atom is 0.122 e. The lowest BCUT2D eigenvalue weighted by molar-refractivity contribution is 0.589. The summed E-state index contributed by atoms with van der Waals surface area (Å²) in [6, 6.07) is 2.03. The highest BCUT2D eigenvalue weighted by atomic mass is 32.1. The largest absolute Gasteiger partial charge is 0.302 e. The maximum atomic E-state index is 5.14. The normalized spacial score (nSPS) is 10.4. The number of aromatic amines is 1. The zero-order valence-corrected chi connectivity index (χ0v) is 7.87. The van der Waals surface area contributed by atoms with Gasteiger partial charge in [-0.1, -0.05) is 26.1 Å². The van der Waals surface area contributed by atoms with E-state index < -0.39 is 0 Å². The highest BCUT2D eigenvalue weighted by molar-refractivity contribution is 7.71. The van der Waals surface area contributed by atoms with Crippen LogP contribution in [0.15, 0.2) is 6.07 Å². The summed E-state index contributed by atoms with van der Waals surface area (Å²) in [5.41, 5.74) is 1.23. The van der Waals surface area contributed by atoms with Gasteiger partial charge in [0.05, 0.1) is 0 Å². The van der Waals surface area contributed by atoms with Crippen LogP contribution in [0.1, 0.15) is 26.0 Å². The van der Waals surface area contributed by atoms with Crippen LogP contribution in [-0.2, 0) is 13.0 Å². The Morgan fingerprint density at radius 2 is 2.27 bits per heavy atom. The summed E-state index contributed by atoms with van der Waals surface area (Å²) in [7, 11) is 0. The summed E-state index contributed by atoms with van der Waals surface area (Å²) in [6.07, 6.45) is 2.15. The molecule has 3 heteroatoms. The monoisotopic (exact) mass is 170 g/mol. The zero-order valence-electron chi connectivity index (χ0n) is 7.05. The Kier molecular flexibility index (Phi) is 2.88. The second-order valence-electron chi connectivity index (χ2n) is 2.62. The van der Waals surface area contributed by atoms with Crippen LogP contribution in [0.25, 0.3) is 0 Å².